The second-order valence-corrected chi connectivity index (χ2v) is 6.17. The van der Waals surface area contributed by atoms with Crippen molar-refractivity contribution in [2.75, 3.05) is 6.61 Å². The van der Waals surface area contributed by atoms with Crippen molar-refractivity contribution in [3.8, 4) is 0 Å². The Kier molecular flexibility index (Phi) is 2.33. The maximum absolute atomic E-state index is 9.35. The van der Waals surface area contributed by atoms with Gasteiger partial charge in [-0.15, -0.1) is 0 Å². The van der Waals surface area contributed by atoms with E-state index in [0.717, 1.165) is 11.8 Å². The van der Waals surface area contributed by atoms with Crippen LogP contribution in [0.25, 0.3) is 0 Å². The number of aliphatic hydroxyl groups is 1. The molecule has 0 heterocycles. The largest absolute Gasteiger partial charge is 0.396 e. The van der Waals surface area contributed by atoms with E-state index in [1.807, 2.05) is 0 Å². The molecule has 15 heavy (non-hydrogen) atoms. The van der Waals surface area contributed by atoms with Crippen LogP contribution in [-0.4, -0.2) is 17.8 Å². The van der Waals surface area contributed by atoms with Gasteiger partial charge in [0.05, 0.1) is 0 Å². The second kappa shape index (κ2) is 3.46. The van der Waals surface area contributed by atoms with Crippen LogP contribution in [0.15, 0.2) is 0 Å². The summed E-state index contributed by atoms with van der Waals surface area (Å²) < 4.78 is 0. The van der Waals surface area contributed by atoms with Crippen LogP contribution in [0.5, 0.6) is 0 Å². The monoisotopic (exact) mass is 209 g/mol. The molecule has 3 saturated carbocycles. The molecule has 0 unspecified atom stereocenters. The Balaban J connectivity index is 1.83. The maximum Gasteiger partial charge on any atom is 0.0459 e. The van der Waals surface area contributed by atoms with Gasteiger partial charge in [0.2, 0.25) is 0 Å². The Hall–Kier alpha value is -0.0800. The van der Waals surface area contributed by atoms with Crippen molar-refractivity contribution >= 4 is 0 Å². The van der Waals surface area contributed by atoms with Crippen LogP contribution < -0.4 is 5.73 Å². The molecule has 0 saturated heterocycles. The van der Waals surface area contributed by atoms with Gasteiger partial charge < -0.3 is 10.8 Å². The fourth-order valence-corrected chi connectivity index (χ4v) is 4.90. The summed E-state index contributed by atoms with van der Waals surface area (Å²) in [6.45, 7) is 0.381. The first kappa shape index (κ1) is 10.1. The van der Waals surface area contributed by atoms with Crippen molar-refractivity contribution in [3.05, 3.63) is 0 Å². The molecule has 2 nitrogen and oxygen atoms in total. The van der Waals surface area contributed by atoms with Crippen LogP contribution in [0.4, 0.5) is 0 Å². The standard InChI is InChI=1S/C13H23NO/c14-12-10-3-4-11(6-10)13(12)5-1-2-9(7-13)8-15/h9-12,15H,1-8,14H2/t9-,10-,11+,12+,13-/m1/s1. The van der Waals surface area contributed by atoms with Gasteiger partial charge in [0.15, 0.2) is 0 Å². The average molecular weight is 209 g/mol. The zero-order valence-corrected chi connectivity index (χ0v) is 9.49. The third-order valence-electron chi connectivity index (χ3n) is 5.64. The van der Waals surface area contributed by atoms with E-state index in [2.05, 4.69) is 0 Å². The lowest BCUT2D eigenvalue weighted by Crippen LogP contribution is -2.49. The summed E-state index contributed by atoms with van der Waals surface area (Å²) in [7, 11) is 0. The Bertz CT molecular complexity index is 251. The Morgan fingerprint density at radius 1 is 1.27 bits per heavy atom. The van der Waals surface area contributed by atoms with Crippen molar-refractivity contribution in [1.29, 1.82) is 0 Å². The molecule has 1 spiro atoms. The molecule has 0 aliphatic heterocycles. The summed E-state index contributed by atoms with van der Waals surface area (Å²) >= 11 is 0. The van der Waals surface area contributed by atoms with Crippen molar-refractivity contribution in [1.82, 2.24) is 0 Å². The van der Waals surface area contributed by atoms with Gasteiger partial charge >= 0.3 is 0 Å². The highest BCUT2D eigenvalue weighted by Crippen LogP contribution is 2.61. The van der Waals surface area contributed by atoms with Gasteiger partial charge in [-0.3, -0.25) is 0 Å². The lowest BCUT2D eigenvalue weighted by Gasteiger charge is -2.47. The second-order valence-electron chi connectivity index (χ2n) is 6.17. The van der Waals surface area contributed by atoms with Crippen LogP contribution in [0.1, 0.15) is 44.9 Å². The minimum atomic E-state index is 0.381. The summed E-state index contributed by atoms with van der Waals surface area (Å²) in [5.41, 5.74) is 6.90. The molecule has 0 aromatic heterocycles. The minimum Gasteiger partial charge on any atom is -0.396 e. The number of aliphatic hydroxyl groups excluding tert-OH is 1. The normalized spacial score (nSPS) is 54.0. The third-order valence-corrected chi connectivity index (χ3v) is 5.64. The zero-order chi connectivity index (χ0) is 10.5. The molecule has 5 atom stereocenters. The number of fused-ring (bicyclic) bond motifs is 3. The molecule has 86 valence electrons. The minimum absolute atomic E-state index is 0.381. The van der Waals surface area contributed by atoms with E-state index in [1.54, 1.807) is 0 Å². The SMILES string of the molecule is N[C@H]1[C@@H]2CC[C@@H](C2)[C@]12CCC[C@@H](CO)C2. The quantitative estimate of drug-likeness (QED) is 0.693. The fourth-order valence-electron chi connectivity index (χ4n) is 4.90. The molecule has 0 amide bonds. The maximum atomic E-state index is 9.35. The molecule has 2 bridgehead atoms. The van der Waals surface area contributed by atoms with Crippen LogP contribution in [0.2, 0.25) is 0 Å². The topological polar surface area (TPSA) is 46.2 Å². The molecule has 0 aromatic carbocycles. The van der Waals surface area contributed by atoms with E-state index in [1.165, 1.54) is 44.9 Å². The molecular formula is C13H23NO. The van der Waals surface area contributed by atoms with E-state index in [9.17, 15) is 5.11 Å². The summed E-state index contributed by atoms with van der Waals surface area (Å²) in [6.07, 6.45) is 9.25. The number of nitrogens with two attached hydrogens (primary N) is 1. The lowest BCUT2D eigenvalue weighted by molar-refractivity contribution is 0.0292. The number of hydrogen-bond donors (Lipinski definition) is 2. The van der Waals surface area contributed by atoms with Gasteiger partial charge in [-0.1, -0.05) is 6.42 Å². The molecule has 2 heteroatoms. The van der Waals surface area contributed by atoms with Gasteiger partial charge in [-0.2, -0.15) is 0 Å². The van der Waals surface area contributed by atoms with E-state index in [0.29, 0.717) is 24.0 Å². The van der Waals surface area contributed by atoms with Crippen molar-refractivity contribution in [2.24, 2.45) is 28.9 Å². The highest BCUT2D eigenvalue weighted by molar-refractivity contribution is 5.09. The molecule has 0 aromatic rings. The van der Waals surface area contributed by atoms with Crippen LogP contribution in [-0.2, 0) is 0 Å². The number of rotatable bonds is 1. The van der Waals surface area contributed by atoms with Gasteiger partial charge in [0.1, 0.15) is 0 Å². The predicted octanol–water partition coefficient (Wildman–Crippen LogP) is 1.91. The third kappa shape index (κ3) is 1.31. The zero-order valence-electron chi connectivity index (χ0n) is 9.49. The molecule has 0 radical (unpaired) electrons. The number of hydrogen-bond acceptors (Lipinski definition) is 2. The van der Waals surface area contributed by atoms with E-state index in [4.69, 9.17) is 5.73 Å². The van der Waals surface area contributed by atoms with E-state index < -0.39 is 0 Å². The van der Waals surface area contributed by atoms with Gasteiger partial charge in [-0.25, -0.2) is 0 Å². The molecular weight excluding hydrogens is 186 g/mol. The van der Waals surface area contributed by atoms with Crippen molar-refractivity contribution < 1.29 is 5.11 Å². The summed E-state index contributed by atoms with van der Waals surface area (Å²) in [5.74, 6) is 2.25. The molecule has 3 aliphatic rings. The lowest BCUT2D eigenvalue weighted by atomic mass is 9.60. The molecule has 3 N–H and O–H groups in total. The highest BCUT2D eigenvalue weighted by atomic mass is 16.3. The summed E-state index contributed by atoms with van der Waals surface area (Å²) in [6, 6.07) is 0.450. The van der Waals surface area contributed by atoms with E-state index >= 15 is 0 Å². The first-order chi connectivity index (χ1) is 7.26. The Labute approximate surface area is 92.2 Å². The van der Waals surface area contributed by atoms with Crippen molar-refractivity contribution in [3.63, 3.8) is 0 Å². The van der Waals surface area contributed by atoms with Gasteiger partial charge in [0.25, 0.3) is 0 Å². The Morgan fingerprint density at radius 2 is 2.13 bits per heavy atom. The highest BCUT2D eigenvalue weighted by Gasteiger charge is 2.57. The van der Waals surface area contributed by atoms with Crippen LogP contribution >= 0.6 is 0 Å². The Morgan fingerprint density at radius 3 is 2.80 bits per heavy atom. The smallest absolute Gasteiger partial charge is 0.0459 e. The van der Waals surface area contributed by atoms with Gasteiger partial charge in [-0.05, 0) is 61.7 Å². The van der Waals surface area contributed by atoms with E-state index in [-0.39, 0.29) is 0 Å². The predicted molar refractivity (Wildman–Crippen MR) is 60.3 cm³/mol. The molecule has 3 aliphatic carbocycles. The first-order valence-electron chi connectivity index (χ1n) is 6.63. The molecule has 3 fully saturated rings. The van der Waals surface area contributed by atoms with Crippen LogP contribution in [0, 0.1) is 23.2 Å². The van der Waals surface area contributed by atoms with Gasteiger partial charge in [0, 0.05) is 12.6 Å². The molecule has 3 rings (SSSR count). The van der Waals surface area contributed by atoms with Crippen LogP contribution in [0.3, 0.4) is 0 Å². The van der Waals surface area contributed by atoms with Crippen molar-refractivity contribution in [2.45, 2.75) is 51.0 Å². The first-order valence-corrected chi connectivity index (χ1v) is 6.63. The summed E-state index contributed by atoms with van der Waals surface area (Å²) in [5, 5.41) is 9.35. The average Bonchev–Trinajstić information content (AvgIpc) is 2.84. The summed E-state index contributed by atoms with van der Waals surface area (Å²) in [4.78, 5) is 0. The fraction of sp³-hybridized carbons (Fsp3) is 1.00.